The van der Waals surface area contributed by atoms with Gasteiger partial charge in [-0.1, -0.05) is 55.8 Å². The fourth-order valence-corrected chi connectivity index (χ4v) is 8.91. The van der Waals surface area contributed by atoms with Crippen LogP contribution in [0.1, 0.15) is 80.9 Å². The van der Waals surface area contributed by atoms with Gasteiger partial charge in [0.05, 0.1) is 12.1 Å². The fraction of sp³-hybridized carbons (Fsp3) is 0.613. The summed E-state index contributed by atoms with van der Waals surface area (Å²) in [5, 5.41) is 6.57. The van der Waals surface area contributed by atoms with Gasteiger partial charge in [-0.05, 0) is 56.0 Å². The standard InChI is InChI=1S/C31H39BrN2O4/c1-17-7-10-22-28(2,3)26(35)21(33-5)16-31(22)29(17,4)15-18-8-9-20-23(24(18)38-31)25(34-27(20)36)30(37-6)13-11-19(32)12-14-30/h8-9,11-13,17,21-22,25,33H,7,10,14-16H2,1-6H3,(H,34,36)/t17-,21+,22-,25+,29+,30?,31-/m0/s1. The molecule has 0 saturated heterocycles. The van der Waals surface area contributed by atoms with Gasteiger partial charge in [0.1, 0.15) is 17.0 Å². The summed E-state index contributed by atoms with van der Waals surface area (Å²) in [5.41, 5.74) is 0.784. The maximum Gasteiger partial charge on any atom is 0.252 e. The van der Waals surface area contributed by atoms with Crippen LogP contribution in [0.5, 0.6) is 5.75 Å². The summed E-state index contributed by atoms with van der Waals surface area (Å²) in [5.74, 6) is 1.53. The summed E-state index contributed by atoms with van der Waals surface area (Å²) in [7, 11) is 3.59. The average molecular weight is 584 g/mol. The molecule has 6 nitrogen and oxygen atoms in total. The van der Waals surface area contributed by atoms with Crippen molar-refractivity contribution < 1.29 is 19.1 Å². The van der Waals surface area contributed by atoms with Gasteiger partial charge in [-0.2, -0.15) is 0 Å². The van der Waals surface area contributed by atoms with Crippen LogP contribution < -0.4 is 15.4 Å². The number of nitrogens with one attached hydrogen (secondary N) is 2. The summed E-state index contributed by atoms with van der Waals surface area (Å²) < 4.78 is 14.6. The Morgan fingerprint density at radius 3 is 2.61 bits per heavy atom. The molecule has 2 heterocycles. The van der Waals surface area contributed by atoms with Crippen molar-refractivity contribution in [1.82, 2.24) is 10.6 Å². The largest absolute Gasteiger partial charge is 0.486 e. The molecule has 0 radical (unpaired) electrons. The quantitative estimate of drug-likeness (QED) is 0.498. The highest BCUT2D eigenvalue weighted by Crippen LogP contribution is 2.66. The lowest BCUT2D eigenvalue weighted by molar-refractivity contribution is -0.213. The number of amides is 1. The predicted molar refractivity (Wildman–Crippen MR) is 150 cm³/mol. The van der Waals surface area contributed by atoms with E-state index < -0.39 is 16.6 Å². The summed E-state index contributed by atoms with van der Waals surface area (Å²) in [6.45, 7) is 8.95. The molecule has 2 fully saturated rings. The van der Waals surface area contributed by atoms with Gasteiger partial charge in [-0.3, -0.25) is 9.59 Å². The first-order valence-electron chi connectivity index (χ1n) is 13.9. The van der Waals surface area contributed by atoms with E-state index in [-0.39, 0.29) is 35.1 Å². The molecular weight excluding hydrogens is 544 g/mol. The number of rotatable bonds is 3. The Morgan fingerprint density at radius 2 is 1.95 bits per heavy atom. The number of methoxy groups -OCH3 is 1. The van der Waals surface area contributed by atoms with E-state index in [9.17, 15) is 9.59 Å². The zero-order chi connectivity index (χ0) is 27.3. The normalized spacial score (nSPS) is 40.8. The molecule has 2 N–H and O–H groups in total. The van der Waals surface area contributed by atoms with Crippen molar-refractivity contribution >= 4 is 27.6 Å². The molecule has 2 saturated carbocycles. The summed E-state index contributed by atoms with van der Waals surface area (Å²) in [6, 6.07) is 3.41. The average Bonchev–Trinajstić information content (AvgIpc) is 3.24. The Kier molecular flexibility index (Phi) is 5.89. The molecule has 1 spiro atoms. The number of allylic oxidation sites excluding steroid dienone is 2. The lowest BCUT2D eigenvalue weighted by Gasteiger charge is -2.66. The molecule has 38 heavy (non-hydrogen) atoms. The smallest absolute Gasteiger partial charge is 0.252 e. The number of halogens is 1. The Hall–Kier alpha value is -1.96. The van der Waals surface area contributed by atoms with Crippen LogP contribution in [0.4, 0.5) is 0 Å². The Bertz CT molecular complexity index is 1290. The SMILES string of the molecule is CN[C@@H]1C[C@@]23Oc4c(ccc5c4[C@H](C4(OC)C=CC(Br)=CC4)NC5=O)C[C@]2(C)[C@@H](C)CC[C@H]3C(C)(C)C1=O. The number of carbonyl (C=O) groups is 2. The molecule has 204 valence electrons. The second-order valence-electron chi connectivity index (χ2n) is 13.0. The number of Topliss-reactive ketones (excluding diaryl/α,β-unsaturated/α-hetero) is 1. The molecule has 1 aromatic rings. The van der Waals surface area contributed by atoms with Crippen molar-refractivity contribution in [2.45, 2.75) is 83.1 Å². The maximum atomic E-state index is 13.6. The van der Waals surface area contributed by atoms with Crippen LogP contribution in [-0.4, -0.2) is 43.1 Å². The molecule has 5 aliphatic rings. The number of benzene rings is 1. The van der Waals surface area contributed by atoms with E-state index in [1.54, 1.807) is 7.11 Å². The third-order valence-electron chi connectivity index (χ3n) is 11.1. The molecule has 7 atom stereocenters. The Morgan fingerprint density at radius 1 is 1.18 bits per heavy atom. The lowest BCUT2D eigenvalue weighted by atomic mass is 9.43. The van der Waals surface area contributed by atoms with Crippen LogP contribution in [0, 0.1) is 22.7 Å². The highest BCUT2D eigenvalue weighted by molar-refractivity contribution is 9.11. The van der Waals surface area contributed by atoms with Crippen LogP contribution in [0.3, 0.4) is 0 Å². The van der Waals surface area contributed by atoms with Gasteiger partial charge in [0.2, 0.25) is 0 Å². The number of hydrogen-bond acceptors (Lipinski definition) is 5. The second kappa shape index (κ2) is 8.52. The first kappa shape index (κ1) is 26.3. The minimum absolute atomic E-state index is 0.0886. The van der Waals surface area contributed by atoms with E-state index in [0.717, 1.165) is 40.6 Å². The topological polar surface area (TPSA) is 76.7 Å². The highest BCUT2D eigenvalue weighted by Gasteiger charge is 2.69. The first-order valence-corrected chi connectivity index (χ1v) is 14.7. The van der Waals surface area contributed by atoms with Crippen molar-refractivity contribution in [2.24, 2.45) is 22.7 Å². The number of ketones is 1. The van der Waals surface area contributed by atoms with E-state index in [2.05, 4.69) is 66.4 Å². The van der Waals surface area contributed by atoms with Crippen molar-refractivity contribution in [3.63, 3.8) is 0 Å². The minimum atomic E-state index is -0.719. The number of hydrogen-bond donors (Lipinski definition) is 2. The van der Waals surface area contributed by atoms with Gasteiger partial charge in [0.15, 0.2) is 5.78 Å². The molecule has 1 aromatic carbocycles. The molecular formula is C31H39BrN2O4. The van der Waals surface area contributed by atoms with Crippen LogP contribution in [0.2, 0.25) is 0 Å². The molecule has 3 aliphatic carbocycles. The zero-order valence-corrected chi connectivity index (χ0v) is 24.8. The van der Waals surface area contributed by atoms with E-state index in [4.69, 9.17) is 9.47 Å². The van der Waals surface area contributed by atoms with Crippen LogP contribution >= 0.6 is 15.9 Å². The molecule has 7 heteroatoms. The van der Waals surface area contributed by atoms with Gasteiger partial charge < -0.3 is 20.1 Å². The molecule has 1 amide bonds. The van der Waals surface area contributed by atoms with E-state index in [1.807, 2.05) is 25.3 Å². The number of likely N-dealkylation sites (N-methyl/N-ethyl adjacent to an activating group) is 1. The summed E-state index contributed by atoms with van der Waals surface area (Å²) in [4.78, 5) is 27.0. The fourth-order valence-electron chi connectivity index (χ4n) is 8.62. The Labute approximate surface area is 234 Å². The van der Waals surface area contributed by atoms with Gasteiger partial charge in [-0.15, -0.1) is 0 Å². The van der Waals surface area contributed by atoms with Crippen molar-refractivity contribution in [2.75, 3.05) is 14.2 Å². The third-order valence-corrected chi connectivity index (χ3v) is 11.7. The first-order chi connectivity index (χ1) is 17.9. The van der Waals surface area contributed by atoms with E-state index in [1.165, 1.54) is 0 Å². The number of carbonyl (C=O) groups excluding carboxylic acids is 2. The van der Waals surface area contributed by atoms with Crippen LogP contribution in [-0.2, 0) is 16.0 Å². The van der Waals surface area contributed by atoms with Crippen molar-refractivity contribution in [3.05, 3.63) is 51.5 Å². The van der Waals surface area contributed by atoms with Crippen molar-refractivity contribution in [3.8, 4) is 5.75 Å². The molecule has 2 aliphatic heterocycles. The lowest BCUT2D eigenvalue weighted by Crippen LogP contribution is -2.73. The number of fused-ring (bicyclic) bond motifs is 3. The summed E-state index contributed by atoms with van der Waals surface area (Å²) in [6.07, 6.45) is 10.3. The summed E-state index contributed by atoms with van der Waals surface area (Å²) >= 11 is 3.57. The monoisotopic (exact) mass is 582 g/mol. The predicted octanol–water partition coefficient (Wildman–Crippen LogP) is 5.41. The number of ether oxygens (including phenoxy) is 2. The van der Waals surface area contributed by atoms with Gasteiger partial charge in [-0.25, -0.2) is 0 Å². The van der Waals surface area contributed by atoms with Gasteiger partial charge in [0.25, 0.3) is 5.91 Å². The molecule has 0 bridgehead atoms. The molecule has 1 unspecified atom stereocenters. The zero-order valence-electron chi connectivity index (χ0n) is 23.2. The molecule has 6 rings (SSSR count). The Balaban J connectivity index is 1.55. The van der Waals surface area contributed by atoms with Crippen molar-refractivity contribution in [1.29, 1.82) is 0 Å². The second-order valence-corrected chi connectivity index (χ2v) is 13.9. The highest BCUT2D eigenvalue weighted by atomic mass is 79.9. The maximum absolute atomic E-state index is 13.6. The van der Waals surface area contributed by atoms with E-state index >= 15 is 0 Å². The van der Waals surface area contributed by atoms with Gasteiger partial charge >= 0.3 is 0 Å². The third kappa shape index (κ3) is 3.24. The van der Waals surface area contributed by atoms with Crippen LogP contribution in [0.15, 0.2) is 34.8 Å². The molecule has 0 aromatic heterocycles. The van der Waals surface area contributed by atoms with Gasteiger partial charge in [0, 0.05) is 52.3 Å². The van der Waals surface area contributed by atoms with E-state index in [0.29, 0.717) is 24.3 Å². The minimum Gasteiger partial charge on any atom is -0.486 e. The van der Waals surface area contributed by atoms with Crippen LogP contribution in [0.25, 0.3) is 0 Å².